The summed E-state index contributed by atoms with van der Waals surface area (Å²) in [5.41, 5.74) is 17.7. The van der Waals surface area contributed by atoms with Crippen molar-refractivity contribution in [1.82, 2.24) is 9.97 Å². The molecule has 8 aromatic rings. The third-order valence-electron chi connectivity index (χ3n) is 10.8. The first-order chi connectivity index (χ1) is 27.2. The van der Waals surface area contributed by atoms with Gasteiger partial charge in [0.25, 0.3) is 0 Å². The van der Waals surface area contributed by atoms with Crippen molar-refractivity contribution in [3.63, 3.8) is 0 Å². The van der Waals surface area contributed by atoms with E-state index in [4.69, 9.17) is 4.98 Å². The molecular formula is C53H38N2. The Morgan fingerprint density at radius 1 is 0.473 bits per heavy atom. The Labute approximate surface area is 323 Å². The maximum atomic E-state index is 5.15. The lowest BCUT2D eigenvalue weighted by Gasteiger charge is -2.33. The van der Waals surface area contributed by atoms with Gasteiger partial charge in [-0.25, -0.2) is 4.98 Å². The van der Waals surface area contributed by atoms with Gasteiger partial charge in [-0.2, -0.15) is 0 Å². The molecule has 2 aromatic heterocycles. The molecule has 2 nitrogen and oxygen atoms in total. The molecule has 0 N–H and O–H groups in total. The Morgan fingerprint density at radius 3 is 1.80 bits per heavy atom. The topological polar surface area (TPSA) is 25.8 Å². The summed E-state index contributed by atoms with van der Waals surface area (Å²) in [6.07, 6.45) is 9.39. The van der Waals surface area contributed by atoms with Crippen LogP contribution >= 0.6 is 0 Å². The summed E-state index contributed by atoms with van der Waals surface area (Å²) in [7, 11) is 0. The van der Waals surface area contributed by atoms with Crippen molar-refractivity contribution in [2.45, 2.75) is 5.41 Å². The highest BCUT2D eigenvalue weighted by Gasteiger charge is 2.46. The average molecular weight is 703 g/mol. The van der Waals surface area contributed by atoms with E-state index >= 15 is 0 Å². The number of nitrogens with zero attached hydrogens (tertiary/aromatic N) is 2. The molecule has 9 rings (SSSR count). The zero-order valence-corrected chi connectivity index (χ0v) is 30.4. The van der Waals surface area contributed by atoms with E-state index in [0.29, 0.717) is 0 Å². The number of allylic oxidation sites excluding steroid dienone is 4. The second kappa shape index (κ2) is 14.3. The SMILES string of the molecule is C=C/C=C(\C=C)c1cc(-c2ccccc2)cc(-c2cccc(-c3cccc(-c4cccc5c4-c4ccccc4C5(c4ccccc4)c4ccncc4)c3)c2)n1. The lowest BCUT2D eigenvalue weighted by atomic mass is 9.68. The Kier molecular flexibility index (Phi) is 8.78. The maximum Gasteiger partial charge on any atom is 0.0715 e. The van der Waals surface area contributed by atoms with E-state index in [1.54, 1.807) is 6.08 Å². The van der Waals surface area contributed by atoms with Crippen LogP contribution in [0.15, 0.2) is 220 Å². The van der Waals surface area contributed by atoms with Crippen molar-refractivity contribution in [1.29, 1.82) is 0 Å². The molecule has 6 aromatic carbocycles. The molecule has 1 atom stereocenters. The zero-order valence-electron chi connectivity index (χ0n) is 30.4. The largest absolute Gasteiger partial charge is 0.265 e. The third-order valence-corrected chi connectivity index (χ3v) is 10.8. The lowest BCUT2D eigenvalue weighted by Crippen LogP contribution is -2.28. The van der Waals surface area contributed by atoms with E-state index in [1.165, 1.54) is 44.5 Å². The van der Waals surface area contributed by atoms with Gasteiger partial charge < -0.3 is 0 Å². The van der Waals surface area contributed by atoms with Gasteiger partial charge in [0.15, 0.2) is 0 Å². The van der Waals surface area contributed by atoms with Crippen LogP contribution in [-0.4, -0.2) is 9.97 Å². The number of fused-ring (bicyclic) bond motifs is 3. The Balaban J connectivity index is 1.18. The summed E-state index contributed by atoms with van der Waals surface area (Å²) in [4.78, 5) is 9.56. The number of hydrogen-bond acceptors (Lipinski definition) is 2. The van der Waals surface area contributed by atoms with Gasteiger partial charge in [0.1, 0.15) is 0 Å². The first-order valence-corrected chi connectivity index (χ1v) is 18.6. The number of benzene rings is 6. The first kappa shape index (κ1) is 33.7. The smallest absolute Gasteiger partial charge is 0.0715 e. The van der Waals surface area contributed by atoms with Gasteiger partial charge in [-0.05, 0) is 109 Å². The number of aromatic nitrogens is 2. The number of pyridine rings is 2. The predicted molar refractivity (Wildman–Crippen MR) is 229 cm³/mol. The van der Waals surface area contributed by atoms with E-state index in [2.05, 4.69) is 188 Å². The van der Waals surface area contributed by atoms with Crippen molar-refractivity contribution in [2.24, 2.45) is 0 Å². The highest BCUT2D eigenvalue weighted by atomic mass is 14.7. The molecule has 260 valence electrons. The van der Waals surface area contributed by atoms with Gasteiger partial charge in [0.2, 0.25) is 0 Å². The van der Waals surface area contributed by atoms with Crippen molar-refractivity contribution < 1.29 is 0 Å². The molecule has 1 aliphatic rings. The molecule has 0 radical (unpaired) electrons. The molecule has 2 heterocycles. The number of hydrogen-bond donors (Lipinski definition) is 0. The average Bonchev–Trinajstić information content (AvgIpc) is 3.58. The standard InChI is InChI=1S/C53H38N2/c1-3-16-37(4-2)50-35-43(38-17-7-5-8-18-38)36-51(55-50)42-22-14-20-40(34-42)39-19-13-21-41(33-39)46-26-15-28-49-52(46)47-25-11-12-27-48(47)53(49,44-23-9-6-10-24-44)45-29-31-54-32-30-45/h3-36H,1-2H2/b37-16+. The second-order valence-corrected chi connectivity index (χ2v) is 13.8. The van der Waals surface area contributed by atoms with Gasteiger partial charge in [0.05, 0.1) is 16.8 Å². The summed E-state index contributed by atoms with van der Waals surface area (Å²) in [5.74, 6) is 0. The van der Waals surface area contributed by atoms with E-state index in [0.717, 1.165) is 44.8 Å². The third kappa shape index (κ3) is 5.85. The van der Waals surface area contributed by atoms with E-state index in [9.17, 15) is 0 Å². The highest BCUT2D eigenvalue weighted by Crippen LogP contribution is 2.58. The minimum absolute atomic E-state index is 0.482. The molecule has 0 bridgehead atoms. The molecule has 1 unspecified atom stereocenters. The Morgan fingerprint density at radius 2 is 1.05 bits per heavy atom. The van der Waals surface area contributed by atoms with Crippen LogP contribution in [0.1, 0.15) is 27.9 Å². The van der Waals surface area contributed by atoms with Gasteiger partial charge in [-0.3, -0.25) is 4.98 Å². The minimum Gasteiger partial charge on any atom is -0.265 e. The molecule has 0 saturated carbocycles. The van der Waals surface area contributed by atoms with Crippen LogP contribution < -0.4 is 0 Å². The summed E-state index contributed by atoms with van der Waals surface area (Å²) < 4.78 is 0. The van der Waals surface area contributed by atoms with E-state index in [-0.39, 0.29) is 0 Å². The monoisotopic (exact) mass is 702 g/mol. The Hall–Kier alpha value is -7.16. The quantitative estimate of drug-likeness (QED) is 0.140. The summed E-state index contributed by atoms with van der Waals surface area (Å²) in [5, 5.41) is 0. The van der Waals surface area contributed by atoms with Gasteiger partial charge in [0, 0.05) is 18.0 Å². The van der Waals surface area contributed by atoms with Gasteiger partial charge in [-0.15, -0.1) is 0 Å². The fraction of sp³-hybridized carbons (Fsp3) is 0.0189. The van der Waals surface area contributed by atoms with E-state index in [1.807, 2.05) is 30.6 Å². The summed E-state index contributed by atoms with van der Waals surface area (Å²) >= 11 is 0. The normalized spacial score (nSPS) is 14.5. The Bertz CT molecular complexity index is 2690. The van der Waals surface area contributed by atoms with Crippen molar-refractivity contribution in [3.05, 3.63) is 248 Å². The van der Waals surface area contributed by atoms with Crippen LogP contribution in [0.5, 0.6) is 0 Å². The molecule has 55 heavy (non-hydrogen) atoms. The molecule has 0 saturated heterocycles. The maximum absolute atomic E-state index is 5.15. The van der Waals surface area contributed by atoms with Crippen LogP contribution in [0, 0.1) is 0 Å². The van der Waals surface area contributed by atoms with Crippen LogP contribution in [0.25, 0.3) is 61.3 Å². The van der Waals surface area contributed by atoms with Crippen LogP contribution in [0.4, 0.5) is 0 Å². The predicted octanol–water partition coefficient (Wildman–Crippen LogP) is 13.3. The molecule has 0 amide bonds. The fourth-order valence-corrected chi connectivity index (χ4v) is 8.38. The first-order valence-electron chi connectivity index (χ1n) is 18.6. The molecule has 1 aliphatic carbocycles. The minimum atomic E-state index is -0.482. The molecule has 0 fully saturated rings. The van der Waals surface area contributed by atoms with E-state index < -0.39 is 5.41 Å². The summed E-state index contributed by atoms with van der Waals surface area (Å²) in [6, 6.07) is 63.3. The lowest BCUT2D eigenvalue weighted by molar-refractivity contribution is 0.766. The zero-order chi connectivity index (χ0) is 37.2. The highest BCUT2D eigenvalue weighted by molar-refractivity contribution is 5.96. The van der Waals surface area contributed by atoms with Crippen LogP contribution in [0.3, 0.4) is 0 Å². The van der Waals surface area contributed by atoms with Crippen molar-refractivity contribution >= 4 is 5.57 Å². The van der Waals surface area contributed by atoms with Crippen LogP contribution in [0.2, 0.25) is 0 Å². The van der Waals surface area contributed by atoms with Crippen molar-refractivity contribution in [3.8, 4) is 55.8 Å². The second-order valence-electron chi connectivity index (χ2n) is 13.8. The van der Waals surface area contributed by atoms with Crippen LogP contribution in [-0.2, 0) is 5.41 Å². The van der Waals surface area contributed by atoms with Crippen molar-refractivity contribution in [2.75, 3.05) is 0 Å². The van der Waals surface area contributed by atoms with Gasteiger partial charge in [-0.1, -0.05) is 171 Å². The number of rotatable bonds is 9. The van der Waals surface area contributed by atoms with Gasteiger partial charge >= 0.3 is 0 Å². The summed E-state index contributed by atoms with van der Waals surface area (Å²) in [6.45, 7) is 7.98. The molecular weight excluding hydrogens is 665 g/mol. The molecule has 2 heteroatoms. The molecule has 0 spiro atoms. The molecule has 0 aliphatic heterocycles. The fourth-order valence-electron chi connectivity index (χ4n) is 8.38.